The fourth-order valence-electron chi connectivity index (χ4n) is 1.92. The molecule has 4 nitrogen and oxygen atoms in total. The van der Waals surface area contributed by atoms with E-state index in [0.29, 0.717) is 17.7 Å². The second-order valence-corrected chi connectivity index (χ2v) is 4.81. The first-order valence-corrected chi connectivity index (χ1v) is 6.42. The lowest BCUT2D eigenvalue weighted by atomic mass is 10.1. The van der Waals surface area contributed by atoms with Gasteiger partial charge in [-0.1, -0.05) is 12.1 Å². The number of aryl methyl sites for hydroxylation is 2. The van der Waals surface area contributed by atoms with Crippen molar-refractivity contribution in [3.8, 4) is 5.75 Å². The number of phenolic OH excluding ortho intramolecular Hbond substituents is 1. The molecule has 0 spiro atoms. The van der Waals surface area contributed by atoms with Crippen LogP contribution in [0.2, 0.25) is 0 Å². The van der Waals surface area contributed by atoms with Crippen LogP contribution in [-0.4, -0.2) is 11.0 Å². The number of nitrogens with one attached hydrogen (secondary N) is 1. The van der Waals surface area contributed by atoms with E-state index in [9.17, 15) is 9.90 Å². The molecule has 0 aliphatic heterocycles. The third-order valence-corrected chi connectivity index (χ3v) is 3.24. The molecule has 2 aromatic rings. The van der Waals surface area contributed by atoms with E-state index in [1.54, 1.807) is 19.1 Å². The van der Waals surface area contributed by atoms with Gasteiger partial charge in [0.15, 0.2) is 0 Å². The van der Waals surface area contributed by atoms with Crippen molar-refractivity contribution in [3.63, 3.8) is 0 Å². The SMILES string of the molecule is Cc1cc(C(=O)Nc2cc(CN)ccc2C)ccc1O. The molecule has 0 aromatic heterocycles. The molecule has 0 atom stereocenters. The van der Waals surface area contributed by atoms with Gasteiger partial charge in [0.2, 0.25) is 0 Å². The summed E-state index contributed by atoms with van der Waals surface area (Å²) in [7, 11) is 0. The number of aromatic hydroxyl groups is 1. The first kappa shape index (κ1) is 14.1. The Hall–Kier alpha value is -2.33. The molecule has 0 aliphatic carbocycles. The van der Waals surface area contributed by atoms with Crippen molar-refractivity contribution in [2.75, 3.05) is 5.32 Å². The lowest BCUT2D eigenvalue weighted by molar-refractivity contribution is 0.102. The maximum absolute atomic E-state index is 12.2. The number of carbonyl (C=O) groups excluding carboxylic acids is 1. The topological polar surface area (TPSA) is 75.4 Å². The van der Waals surface area contributed by atoms with Crippen LogP contribution in [0, 0.1) is 13.8 Å². The van der Waals surface area contributed by atoms with Crippen LogP contribution in [0.25, 0.3) is 0 Å². The first-order chi connectivity index (χ1) is 9.51. The number of nitrogens with two attached hydrogens (primary N) is 1. The first-order valence-electron chi connectivity index (χ1n) is 6.42. The van der Waals surface area contributed by atoms with Gasteiger partial charge in [0.1, 0.15) is 5.75 Å². The highest BCUT2D eigenvalue weighted by atomic mass is 16.3. The fraction of sp³-hybridized carbons (Fsp3) is 0.188. The van der Waals surface area contributed by atoms with Crippen LogP contribution >= 0.6 is 0 Å². The van der Waals surface area contributed by atoms with Crippen LogP contribution < -0.4 is 11.1 Å². The Labute approximate surface area is 118 Å². The largest absolute Gasteiger partial charge is 0.508 e. The van der Waals surface area contributed by atoms with Crippen LogP contribution in [-0.2, 0) is 6.54 Å². The fourth-order valence-corrected chi connectivity index (χ4v) is 1.92. The maximum Gasteiger partial charge on any atom is 0.255 e. The Morgan fingerprint density at radius 2 is 1.90 bits per heavy atom. The standard InChI is InChI=1S/C16H18N2O2/c1-10-3-4-12(9-17)8-14(10)18-16(20)13-5-6-15(19)11(2)7-13/h3-8,19H,9,17H2,1-2H3,(H,18,20). The van der Waals surface area contributed by atoms with Gasteiger partial charge in [-0.2, -0.15) is 0 Å². The molecule has 0 unspecified atom stereocenters. The maximum atomic E-state index is 12.2. The van der Waals surface area contributed by atoms with Crippen LogP contribution in [0.3, 0.4) is 0 Å². The third-order valence-electron chi connectivity index (χ3n) is 3.24. The van der Waals surface area contributed by atoms with Gasteiger partial charge in [-0.25, -0.2) is 0 Å². The predicted molar refractivity (Wildman–Crippen MR) is 79.9 cm³/mol. The second kappa shape index (κ2) is 5.75. The zero-order valence-corrected chi connectivity index (χ0v) is 11.6. The molecule has 0 bridgehead atoms. The molecule has 0 aliphatic rings. The van der Waals surface area contributed by atoms with E-state index < -0.39 is 0 Å². The van der Waals surface area contributed by atoms with E-state index in [-0.39, 0.29) is 11.7 Å². The average molecular weight is 270 g/mol. The number of carbonyl (C=O) groups is 1. The van der Waals surface area contributed by atoms with Gasteiger partial charge in [0.25, 0.3) is 5.91 Å². The highest BCUT2D eigenvalue weighted by molar-refractivity contribution is 6.04. The number of hydrogen-bond acceptors (Lipinski definition) is 3. The number of phenols is 1. The summed E-state index contributed by atoms with van der Waals surface area (Å²) < 4.78 is 0. The molecule has 20 heavy (non-hydrogen) atoms. The summed E-state index contributed by atoms with van der Waals surface area (Å²) in [5.41, 5.74) is 9.49. The minimum absolute atomic E-state index is 0.183. The summed E-state index contributed by atoms with van der Waals surface area (Å²) in [4.78, 5) is 12.2. The van der Waals surface area contributed by atoms with Crippen molar-refractivity contribution in [1.82, 2.24) is 0 Å². The van der Waals surface area contributed by atoms with Gasteiger partial charge >= 0.3 is 0 Å². The van der Waals surface area contributed by atoms with Gasteiger partial charge in [0.05, 0.1) is 0 Å². The molecule has 1 amide bonds. The summed E-state index contributed by atoms with van der Waals surface area (Å²) >= 11 is 0. The van der Waals surface area contributed by atoms with Crippen molar-refractivity contribution in [3.05, 3.63) is 58.7 Å². The minimum atomic E-state index is -0.203. The van der Waals surface area contributed by atoms with E-state index >= 15 is 0 Å². The summed E-state index contributed by atoms with van der Waals surface area (Å²) in [6, 6.07) is 10.5. The van der Waals surface area contributed by atoms with E-state index in [2.05, 4.69) is 5.32 Å². The molecular formula is C16H18N2O2. The molecule has 0 radical (unpaired) electrons. The summed E-state index contributed by atoms with van der Waals surface area (Å²) in [6.45, 7) is 4.12. The van der Waals surface area contributed by atoms with Gasteiger partial charge < -0.3 is 16.2 Å². The van der Waals surface area contributed by atoms with E-state index in [1.165, 1.54) is 6.07 Å². The molecule has 0 saturated heterocycles. The molecule has 2 rings (SSSR count). The van der Waals surface area contributed by atoms with Crippen LogP contribution in [0.1, 0.15) is 27.0 Å². The quantitative estimate of drug-likeness (QED) is 0.802. The number of anilines is 1. The molecule has 0 fully saturated rings. The number of hydrogen-bond donors (Lipinski definition) is 3. The van der Waals surface area contributed by atoms with Crippen molar-refractivity contribution >= 4 is 11.6 Å². The minimum Gasteiger partial charge on any atom is -0.508 e. The van der Waals surface area contributed by atoms with Gasteiger partial charge in [0, 0.05) is 17.8 Å². The van der Waals surface area contributed by atoms with Crippen LogP contribution in [0.5, 0.6) is 5.75 Å². The third kappa shape index (κ3) is 2.97. The van der Waals surface area contributed by atoms with Crippen molar-refractivity contribution in [2.24, 2.45) is 5.73 Å². The lowest BCUT2D eigenvalue weighted by Gasteiger charge is -2.10. The Balaban J connectivity index is 2.25. The second-order valence-electron chi connectivity index (χ2n) is 4.81. The molecule has 0 saturated carbocycles. The summed E-state index contributed by atoms with van der Waals surface area (Å²) in [5, 5.41) is 12.4. The highest BCUT2D eigenvalue weighted by Gasteiger charge is 2.09. The van der Waals surface area contributed by atoms with Crippen molar-refractivity contribution < 1.29 is 9.90 Å². The van der Waals surface area contributed by atoms with E-state index in [4.69, 9.17) is 5.73 Å². The lowest BCUT2D eigenvalue weighted by Crippen LogP contribution is -2.13. The zero-order chi connectivity index (χ0) is 14.7. The summed E-state index contributed by atoms with van der Waals surface area (Å²) in [5.74, 6) is -0.0202. The number of benzene rings is 2. The molecule has 4 heteroatoms. The highest BCUT2D eigenvalue weighted by Crippen LogP contribution is 2.20. The van der Waals surface area contributed by atoms with Gasteiger partial charge in [-0.05, 0) is 54.8 Å². The number of rotatable bonds is 3. The van der Waals surface area contributed by atoms with E-state index in [1.807, 2.05) is 25.1 Å². The van der Waals surface area contributed by atoms with Crippen molar-refractivity contribution in [1.29, 1.82) is 0 Å². The average Bonchev–Trinajstić information content (AvgIpc) is 2.44. The monoisotopic (exact) mass is 270 g/mol. The molecule has 2 aromatic carbocycles. The Kier molecular flexibility index (Phi) is 4.05. The Morgan fingerprint density at radius 3 is 2.55 bits per heavy atom. The molecule has 0 heterocycles. The van der Waals surface area contributed by atoms with Gasteiger partial charge in [-0.3, -0.25) is 4.79 Å². The smallest absolute Gasteiger partial charge is 0.255 e. The molecule has 104 valence electrons. The normalized spacial score (nSPS) is 10.3. The zero-order valence-electron chi connectivity index (χ0n) is 11.6. The molecule has 4 N–H and O–H groups in total. The van der Waals surface area contributed by atoms with E-state index in [0.717, 1.165) is 16.8 Å². The van der Waals surface area contributed by atoms with Crippen molar-refractivity contribution in [2.45, 2.75) is 20.4 Å². The van der Waals surface area contributed by atoms with Gasteiger partial charge in [-0.15, -0.1) is 0 Å². The molecular weight excluding hydrogens is 252 g/mol. The summed E-state index contributed by atoms with van der Waals surface area (Å²) in [6.07, 6.45) is 0. The Bertz CT molecular complexity index is 651. The number of amides is 1. The predicted octanol–water partition coefficient (Wildman–Crippen LogP) is 2.72. The van der Waals surface area contributed by atoms with Crippen LogP contribution in [0.4, 0.5) is 5.69 Å². The van der Waals surface area contributed by atoms with Crippen LogP contribution in [0.15, 0.2) is 36.4 Å². The Morgan fingerprint density at radius 1 is 1.15 bits per heavy atom.